The number of anilines is 1. The molecule has 2 rings (SSSR count). The molecule has 2 aromatic rings. The first-order valence-electron chi connectivity index (χ1n) is 9.25. The molecule has 28 heavy (non-hydrogen) atoms. The average molecular weight is 403 g/mol. The van der Waals surface area contributed by atoms with E-state index in [1.54, 1.807) is 30.3 Å². The number of ether oxygens (including phenoxy) is 1. The summed E-state index contributed by atoms with van der Waals surface area (Å²) >= 11 is 1.36. The minimum absolute atomic E-state index is 0.261. The molecule has 0 bridgehead atoms. The monoisotopic (exact) mass is 402 g/mol. The second-order valence-corrected chi connectivity index (χ2v) is 8.08. The third-order valence-corrected chi connectivity index (χ3v) is 5.13. The van der Waals surface area contributed by atoms with Gasteiger partial charge in [0.2, 0.25) is 0 Å². The zero-order valence-corrected chi connectivity index (χ0v) is 17.4. The van der Waals surface area contributed by atoms with Crippen molar-refractivity contribution in [2.24, 2.45) is 5.92 Å². The van der Waals surface area contributed by atoms with Crippen LogP contribution in [0.4, 0.5) is 5.69 Å². The van der Waals surface area contributed by atoms with Crippen LogP contribution in [0.25, 0.3) is 0 Å². The molecule has 0 radical (unpaired) electrons. The summed E-state index contributed by atoms with van der Waals surface area (Å²) in [6.45, 7) is 8.10. The van der Waals surface area contributed by atoms with Crippen molar-refractivity contribution in [3.63, 3.8) is 0 Å². The van der Waals surface area contributed by atoms with Gasteiger partial charge in [-0.3, -0.25) is 9.59 Å². The molecule has 0 fully saturated rings. The van der Waals surface area contributed by atoms with Crippen molar-refractivity contribution >= 4 is 34.8 Å². The number of carbonyl (C=O) groups is 3. The first kappa shape index (κ1) is 21.6. The van der Waals surface area contributed by atoms with Gasteiger partial charge in [0.1, 0.15) is 4.88 Å². The molecular formula is C21H26N2O4S. The number of carbonyl (C=O) groups excluding carboxylic acids is 3. The van der Waals surface area contributed by atoms with Crippen molar-refractivity contribution in [3.8, 4) is 0 Å². The van der Waals surface area contributed by atoms with Crippen LogP contribution in [-0.4, -0.2) is 30.9 Å². The van der Waals surface area contributed by atoms with Gasteiger partial charge in [-0.1, -0.05) is 32.9 Å². The van der Waals surface area contributed by atoms with Gasteiger partial charge in [-0.25, -0.2) is 4.79 Å². The number of para-hydroxylation sites is 1. The molecule has 0 saturated carbocycles. The van der Waals surface area contributed by atoms with Gasteiger partial charge in [-0.2, -0.15) is 0 Å². The van der Waals surface area contributed by atoms with Crippen LogP contribution in [0.5, 0.6) is 0 Å². The first-order chi connectivity index (χ1) is 13.3. The normalized spacial score (nSPS) is 10.6. The second-order valence-electron chi connectivity index (χ2n) is 6.82. The lowest BCUT2D eigenvalue weighted by Gasteiger charge is -2.12. The Hall–Kier alpha value is -2.67. The average Bonchev–Trinajstić information content (AvgIpc) is 3.05. The standard InChI is InChI=1S/C21H26N2O4S/c1-5-15-10-18(28-14(15)4)21(26)27-12-19(24)23-17-9-7-6-8-16(17)20(25)22-11-13(2)3/h6-10,13H,5,11-12H2,1-4H3,(H,22,25)(H,23,24). The molecule has 0 saturated heterocycles. The Labute approximate surface area is 169 Å². The van der Waals surface area contributed by atoms with Crippen molar-refractivity contribution in [2.75, 3.05) is 18.5 Å². The Bertz CT molecular complexity index is 858. The number of rotatable bonds is 8. The summed E-state index contributed by atoms with van der Waals surface area (Å²) in [4.78, 5) is 38.2. The quantitative estimate of drug-likeness (QED) is 0.658. The molecule has 0 unspecified atom stereocenters. The topological polar surface area (TPSA) is 84.5 Å². The van der Waals surface area contributed by atoms with Gasteiger partial charge in [0, 0.05) is 11.4 Å². The fourth-order valence-electron chi connectivity index (χ4n) is 2.54. The van der Waals surface area contributed by atoms with Crippen LogP contribution in [0.15, 0.2) is 30.3 Å². The summed E-state index contributed by atoms with van der Waals surface area (Å²) < 4.78 is 5.11. The Kier molecular flexibility index (Phi) is 7.75. The number of thiophene rings is 1. The maximum Gasteiger partial charge on any atom is 0.348 e. The maximum absolute atomic E-state index is 12.3. The van der Waals surface area contributed by atoms with Gasteiger partial charge in [0.25, 0.3) is 11.8 Å². The highest BCUT2D eigenvalue weighted by molar-refractivity contribution is 7.14. The summed E-state index contributed by atoms with van der Waals surface area (Å²) in [6, 6.07) is 8.53. The smallest absolute Gasteiger partial charge is 0.348 e. The van der Waals surface area contributed by atoms with Crippen molar-refractivity contribution < 1.29 is 19.1 Å². The highest BCUT2D eigenvalue weighted by atomic mass is 32.1. The minimum Gasteiger partial charge on any atom is -0.451 e. The van der Waals surface area contributed by atoms with Gasteiger partial charge >= 0.3 is 5.97 Å². The van der Waals surface area contributed by atoms with Gasteiger partial charge in [-0.15, -0.1) is 11.3 Å². The van der Waals surface area contributed by atoms with Crippen LogP contribution in [0.1, 0.15) is 51.2 Å². The molecule has 0 spiro atoms. The predicted molar refractivity (Wildman–Crippen MR) is 111 cm³/mol. The van der Waals surface area contributed by atoms with Gasteiger partial charge in [0.15, 0.2) is 6.61 Å². The third kappa shape index (κ3) is 5.92. The van der Waals surface area contributed by atoms with E-state index in [4.69, 9.17) is 4.74 Å². The number of amides is 2. The van der Waals surface area contributed by atoms with E-state index < -0.39 is 18.5 Å². The molecule has 150 valence electrons. The second kappa shape index (κ2) is 10.0. The summed E-state index contributed by atoms with van der Waals surface area (Å²) in [5, 5.41) is 5.46. The number of hydrogen-bond donors (Lipinski definition) is 2. The number of esters is 1. The number of aryl methyl sites for hydroxylation is 2. The van der Waals surface area contributed by atoms with Crippen LogP contribution >= 0.6 is 11.3 Å². The van der Waals surface area contributed by atoms with Gasteiger partial charge < -0.3 is 15.4 Å². The fourth-order valence-corrected chi connectivity index (χ4v) is 3.55. The van der Waals surface area contributed by atoms with Gasteiger partial charge in [-0.05, 0) is 43.0 Å². The largest absolute Gasteiger partial charge is 0.451 e. The molecular weight excluding hydrogens is 376 g/mol. The summed E-state index contributed by atoms with van der Waals surface area (Å²) in [6.07, 6.45) is 0.839. The fraction of sp³-hybridized carbons (Fsp3) is 0.381. The zero-order chi connectivity index (χ0) is 20.7. The van der Waals surface area contributed by atoms with E-state index in [1.807, 2.05) is 27.7 Å². The molecule has 0 aliphatic carbocycles. The molecule has 1 aromatic heterocycles. The highest BCUT2D eigenvalue weighted by Crippen LogP contribution is 2.22. The maximum atomic E-state index is 12.3. The lowest BCUT2D eigenvalue weighted by molar-refractivity contribution is -0.119. The Morgan fingerprint density at radius 1 is 1.18 bits per heavy atom. The van der Waals surface area contributed by atoms with E-state index in [1.165, 1.54) is 11.3 Å². The first-order valence-corrected chi connectivity index (χ1v) is 10.1. The molecule has 6 nitrogen and oxygen atoms in total. The Morgan fingerprint density at radius 3 is 2.54 bits per heavy atom. The van der Waals surface area contributed by atoms with Crippen molar-refractivity contribution in [1.82, 2.24) is 5.32 Å². The van der Waals surface area contributed by atoms with E-state index in [-0.39, 0.29) is 5.91 Å². The number of nitrogens with one attached hydrogen (secondary N) is 2. The molecule has 0 atom stereocenters. The molecule has 0 aliphatic rings. The Morgan fingerprint density at radius 2 is 1.89 bits per heavy atom. The van der Waals surface area contributed by atoms with E-state index in [0.29, 0.717) is 28.6 Å². The summed E-state index contributed by atoms with van der Waals surface area (Å²) in [5.74, 6) is -0.964. The molecule has 7 heteroatoms. The van der Waals surface area contributed by atoms with Crippen molar-refractivity contribution in [3.05, 3.63) is 51.2 Å². The molecule has 1 heterocycles. The van der Waals surface area contributed by atoms with E-state index in [2.05, 4.69) is 10.6 Å². The van der Waals surface area contributed by atoms with Crippen molar-refractivity contribution in [2.45, 2.75) is 34.1 Å². The minimum atomic E-state index is -0.522. The highest BCUT2D eigenvalue weighted by Gasteiger charge is 2.17. The van der Waals surface area contributed by atoms with E-state index in [9.17, 15) is 14.4 Å². The third-order valence-electron chi connectivity index (χ3n) is 4.05. The molecule has 2 N–H and O–H groups in total. The van der Waals surface area contributed by atoms with Crippen LogP contribution in [0.3, 0.4) is 0 Å². The van der Waals surface area contributed by atoms with Crippen LogP contribution in [0, 0.1) is 12.8 Å². The molecule has 2 amide bonds. The Balaban J connectivity index is 1.95. The SMILES string of the molecule is CCc1cc(C(=O)OCC(=O)Nc2ccccc2C(=O)NCC(C)C)sc1C. The number of benzene rings is 1. The van der Waals surface area contributed by atoms with Crippen LogP contribution in [0.2, 0.25) is 0 Å². The van der Waals surface area contributed by atoms with E-state index in [0.717, 1.165) is 16.9 Å². The van der Waals surface area contributed by atoms with Crippen molar-refractivity contribution in [1.29, 1.82) is 0 Å². The zero-order valence-electron chi connectivity index (χ0n) is 16.6. The predicted octanol–water partition coefficient (Wildman–Crippen LogP) is 3.80. The number of hydrogen-bond acceptors (Lipinski definition) is 5. The lowest BCUT2D eigenvalue weighted by atomic mass is 10.1. The van der Waals surface area contributed by atoms with Crippen LogP contribution in [-0.2, 0) is 16.0 Å². The van der Waals surface area contributed by atoms with Crippen LogP contribution < -0.4 is 10.6 Å². The van der Waals surface area contributed by atoms with E-state index >= 15 is 0 Å². The summed E-state index contributed by atoms with van der Waals surface area (Å²) in [5.41, 5.74) is 1.84. The summed E-state index contributed by atoms with van der Waals surface area (Å²) in [7, 11) is 0. The molecule has 1 aromatic carbocycles. The lowest BCUT2D eigenvalue weighted by Crippen LogP contribution is -2.29. The molecule has 0 aliphatic heterocycles. The van der Waals surface area contributed by atoms with Gasteiger partial charge in [0.05, 0.1) is 11.3 Å².